The second kappa shape index (κ2) is 7.61. The molecule has 0 unspecified atom stereocenters. The summed E-state index contributed by atoms with van der Waals surface area (Å²) in [6, 6.07) is 17.6. The molecular formula is C16H14BrN5OS. The molecular weight excluding hydrogens is 390 g/mol. The minimum absolute atomic E-state index is 0.167. The van der Waals surface area contributed by atoms with Gasteiger partial charge in [-0.1, -0.05) is 58.0 Å². The minimum Gasteiger partial charge on any atom is -0.294 e. The predicted octanol–water partition coefficient (Wildman–Crippen LogP) is 2.78. The van der Waals surface area contributed by atoms with Gasteiger partial charge in [-0.3, -0.25) is 14.8 Å². The highest BCUT2D eigenvalue weighted by molar-refractivity contribution is 9.10. The lowest BCUT2D eigenvalue weighted by Crippen LogP contribution is -2.31. The van der Waals surface area contributed by atoms with Crippen LogP contribution in [-0.4, -0.2) is 26.4 Å². The highest BCUT2D eigenvalue weighted by Gasteiger charge is 2.17. The Morgan fingerprint density at radius 3 is 2.67 bits per heavy atom. The highest BCUT2D eigenvalue weighted by Crippen LogP contribution is 2.29. The summed E-state index contributed by atoms with van der Waals surface area (Å²) in [5.41, 5.74) is 3.97. The Bertz CT molecular complexity index is 853. The number of hydrazine groups is 1. The number of nitrogens with one attached hydrogen (secondary N) is 1. The lowest BCUT2D eigenvalue weighted by molar-refractivity contribution is -0.118. The molecule has 0 fully saturated rings. The van der Waals surface area contributed by atoms with Gasteiger partial charge in [0.15, 0.2) is 11.0 Å². The topological polar surface area (TPSA) is 85.8 Å². The van der Waals surface area contributed by atoms with E-state index in [1.54, 1.807) is 0 Å². The summed E-state index contributed by atoms with van der Waals surface area (Å²) in [6.45, 7) is 0. The molecule has 0 aliphatic rings. The number of carbonyl (C=O) groups is 1. The highest BCUT2D eigenvalue weighted by atomic mass is 79.9. The van der Waals surface area contributed by atoms with Crippen LogP contribution in [0.5, 0.6) is 0 Å². The molecule has 0 bridgehead atoms. The Kier molecular flexibility index (Phi) is 5.29. The number of thioether (sulfide) groups is 1. The first kappa shape index (κ1) is 16.7. The molecule has 3 rings (SSSR count). The summed E-state index contributed by atoms with van der Waals surface area (Å²) in [5, 5.41) is 9.19. The van der Waals surface area contributed by atoms with Crippen LogP contribution in [0, 0.1) is 0 Å². The summed E-state index contributed by atoms with van der Waals surface area (Å²) >= 11 is 4.76. The second-order valence-electron chi connectivity index (χ2n) is 4.84. The monoisotopic (exact) mass is 403 g/mol. The molecule has 8 heteroatoms. The van der Waals surface area contributed by atoms with E-state index in [2.05, 4.69) is 31.6 Å². The van der Waals surface area contributed by atoms with E-state index in [-0.39, 0.29) is 11.7 Å². The maximum atomic E-state index is 11.4. The van der Waals surface area contributed by atoms with E-state index < -0.39 is 0 Å². The fourth-order valence-electron chi connectivity index (χ4n) is 2.16. The molecule has 0 aliphatic heterocycles. The van der Waals surface area contributed by atoms with Gasteiger partial charge in [0.25, 0.3) is 0 Å². The molecule has 1 heterocycles. The normalized spacial score (nSPS) is 10.6. The number of carbonyl (C=O) groups excluding carboxylic acids is 1. The first-order valence-corrected chi connectivity index (χ1v) is 8.86. The van der Waals surface area contributed by atoms with Crippen LogP contribution in [0.25, 0.3) is 17.1 Å². The van der Waals surface area contributed by atoms with E-state index in [1.165, 1.54) is 11.8 Å². The van der Waals surface area contributed by atoms with Crippen molar-refractivity contribution in [2.45, 2.75) is 5.16 Å². The van der Waals surface area contributed by atoms with Crippen molar-refractivity contribution in [1.29, 1.82) is 0 Å². The number of benzene rings is 2. The standard InChI is InChI=1S/C16H14BrN5OS/c17-12-6-4-5-11(9-12)15-20-21-16(24-10-14(23)19-18)22(15)13-7-2-1-3-8-13/h1-9H,10,18H2,(H,19,23). The van der Waals surface area contributed by atoms with Crippen molar-refractivity contribution in [3.05, 3.63) is 59.1 Å². The number of hydrogen-bond acceptors (Lipinski definition) is 5. The van der Waals surface area contributed by atoms with Gasteiger partial charge in [-0.15, -0.1) is 10.2 Å². The third-order valence-corrected chi connectivity index (χ3v) is 4.65. The second-order valence-corrected chi connectivity index (χ2v) is 6.70. The van der Waals surface area contributed by atoms with Crippen LogP contribution < -0.4 is 11.3 Å². The van der Waals surface area contributed by atoms with E-state index >= 15 is 0 Å². The molecule has 24 heavy (non-hydrogen) atoms. The van der Waals surface area contributed by atoms with Crippen molar-refractivity contribution in [2.24, 2.45) is 5.84 Å². The van der Waals surface area contributed by atoms with Crippen molar-refractivity contribution < 1.29 is 4.79 Å². The SMILES string of the molecule is NNC(=O)CSc1nnc(-c2cccc(Br)c2)n1-c1ccccc1. The molecule has 2 aromatic carbocycles. The number of halogens is 1. The van der Waals surface area contributed by atoms with Crippen LogP contribution in [0.15, 0.2) is 64.2 Å². The maximum absolute atomic E-state index is 11.4. The average Bonchev–Trinajstić information content (AvgIpc) is 3.04. The number of aromatic nitrogens is 3. The van der Waals surface area contributed by atoms with E-state index in [9.17, 15) is 4.79 Å². The molecule has 0 radical (unpaired) electrons. The lowest BCUT2D eigenvalue weighted by atomic mass is 10.2. The zero-order chi connectivity index (χ0) is 16.9. The Morgan fingerprint density at radius 2 is 1.96 bits per heavy atom. The van der Waals surface area contributed by atoms with Crippen molar-refractivity contribution in [3.8, 4) is 17.1 Å². The van der Waals surface area contributed by atoms with Gasteiger partial charge in [-0.25, -0.2) is 5.84 Å². The van der Waals surface area contributed by atoms with Gasteiger partial charge in [0.2, 0.25) is 5.91 Å². The summed E-state index contributed by atoms with van der Waals surface area (Å²) in [4.78, 5) is 11.4. The first-order chi connectivity index (χ1) is 11.7. The Morgan fingerprint density at radius 1 is 1.17 bits per heavy atom. The Balaban J connectivity index is 2.06. The molecule has 3 aromatic rings. The lowest BCUT2D eigenvalue weighted by Gasteiger charge is -2.10. The van der Waals surface area contributed by atoms with Crippen LogP contribution in [0.2, 0.25) is 0 Å². The summed E-state index contributed by atoms with van der Waals surface area (Å²) in [5.74, 6) is 5.74. The number of nitrogens with zero attached hydrogens (tertiary/aromatic N) is 3. The summed E-state index contributed by atoms with van der Waals surface area (Å²) in [6.07, 6.45) is 0. The van der Waals surface area contributed by atoms with E-state index in [0.29, 0.717) is 11.0 Å². The summed E-state index contributed by atoms with van der Waals surface area (Å²) < 4.78 is 2.88. The van der Waals surface area contributed by atoms with Gasteiger partial charge >= 0.3 is 0 Å². The van der Waals surface area contributed by atoms with Gasteiger partial charge in [0.05, 0.1) is 5.75 Å². The zero-order valence-electron chi connectivity index (χ0n) is 12.5. The fourth-order valence-corrected chi connectivity index (χ4v) is 3.32. The predicted molar refractivity (Wildman–Crippen MR) is 97.5 cm³/mol. The smallest absolute Gasteiger partial charge is 0.244 e. The third kappa shape index (κ3) is 3.66. The molecule has 1 amide bonds. The molecule has 1 aromatic heterocycles. The van der Waals surface area contributed by atoms with Crippen molar-refractivity contribution in [3.63, 3.8) is 0 Å². The van der Waals surface area contributed by atoms with Crippen LogP contribution in [0.1, 0.15) is 0 Å². The Hall–Kier alpha value is -2.16. The van der Waals surface area contributed by atoms with Crippen LogP contribution in [0.3, 0.4) is 0 Å². The number of amides is 1. The van der Waals surface area contributed by atoms with Crippen LogP contribution in [0.4, 0.5) is 0 Å². The first-order valence-electron chi connectivity index (χ1n) is 7.08. The van der Waals surface area contributed by atoms with E-state index in [1.807, 2.05) is 59.2 Å². The molecule has 122 valence electrons. The van der Waals surface area contributed by atoms with Gasteiger partial charge < -0.3 is 0 Å². The van der Waals surface area contributed by atoms with Crippen molar-refractivity contribution in [1.82, 2.24) is 20.2 Å². The average molecular weight is 404 g/mol. The third-order valence-electron chi connectivity index (χ3n) is 3.22. The quantitative estimate of drug-likeness (QED) is 0.296. The molecule has 0 spiro atoms. The number of rotatable bonds is 5. The van der Waals surface area contributed by atoms with Gasteiger partial charge in [0.1, 0.15) is 0 Å². The largest absolute Gasteiger partial charge is 0.294 e. The van der Waals surface area contributed by atoms with Crippen LogP contribution >= 0.6 is 27.7 Å². The number of hydrogen-bond donors (Lipinski definition) is 2. The number of para-hydroxylation sites is 1. The van der Waals surface area contributed by atoms with Gasteiger partial charge in [0, 0.05) is 15.7 Å². The molecule has 0 saturated carbocycles. The minimum atomic E-state index is -0.272. The molecule has 6 nitrogen and oxygen atoms in total. The number of nitrogens with two attached hydrogens (primary N) is 1. The van der Waals surface area contributed by atoms with Crippen molar-refractivity contribution in [2.75, 3.05) is 5.75 Å². The molecule has 0 saturated heterocycles. The van der Waals surface area contributed by atoms with E-state index in [0.717, 1.165) is 15.7 Å². The van der Waals surface area contributed by atoms with Gasteiger partial charge in [-0.05, 0) is 24.3 Å². The maximum Gasteiger partial charge on any atom is 0.244 e. The molecule has 3 N–H and O–H groups in total. The zero-order valence-corrected chi connectivity index (χ0v) is 14.9. The molecule has 0 aliphatic carbocycles. The molecule has 0 atom stereocenters. The Labute approximate surface area is 151 Å². The fraction of sp³-hybridized carbons (Fsp3) is 0.0625. The van der Waals surface area contributed by atoms with E-state index in [4.69, 9.17) is 5.84 Å². The van der Waals surface area contributed by atoms with Crippen molar-refractivity contribution >= 4 is 33.6 Å². The van der Waals surface area contributed by atoms with Gasteiger partial charge in [-0.2, -0.15) is 0 Å². The van der Waals surface area contributed by atoms with Crippen LogP contribution in [-0.2, 0) is 4.79 Å². The summed E-state index contributed by atoms with van der Waals surface area (Å²) in [7, 11) is 0.